The van der Waals surface area contributed by atoms with Crippen LogP contribution in [0.1, 0.15) is 18.2 Å². The molecule has 2 rings (SSSR count). The van der Waals surface area contributed by atoms with Gasteiger partial charge in [-0.15, -0.1) is 11.3 Å². The number of nitrogens with zero attached hydrogens (tertiary/aromatic N) is 1. The van der Waals surface area contributed by atoms with Crippen LogP contribution < -0.4 is 5.32 Å². The number of carbonyl (C=O) groups excluding carboxylic acids is 1. The molecule has 2 amide bonds. The normalized spacial score (nSPS) is 21.2. The Morgan fingerprint density at radius 2 is 2.37 bits per heavy atom. The van der Waals surface area contributed by atoms with Gasteiger partial charge in [-0.1, -0.05) is 6.07 Å². The molecule has 1 atom stereocenters. The topological polar surface area (TPSA) is 66.5 Å². The lowest BCUT2D eigenvalue weighted by Crippen LogP contribution is -2.46. The van der Waals surface area contributed by atoms with Crippen LogP contribution in [-0.2, 0) is 16.4 Å². The second kappa shape index (κ2) is 5.92. The van der Waals surface area contributed by atoms with Gasteiger partial charge in [0, 0.05) is 17.5 Å². The maximum absolute atomic E-state index is 12.1. The minimum absolute atomic E-state index is 0.0905. The predicted octanol–water partition coefficient (Wildman–Crippen LogP) is 1.47. The van der Waals surface area contributed by atoms with Crippen molar-refractivity contribution >= 4 is 27.2 Å². The molecule has 1 saturated heterocycles. The average Bonchev–Trinajstić information content (AvgIpc) is 2.97. The second-order valence-electron chi connectivity index (χ2n) is 4.58. The second-order valence-corrected chi connectivity index (χ2v) is 7.84. The van der Waals surface area contributed by atoms with Gasteiger partial charge in [-0.3, -0.25) is 0 Å². The first kappa shape index (κ1) is 14.3. The van der Waals surface area contributed by atoms with Crippen LogP contribution in [0.5, 0.6) is 0 Å². The average molecular weight is 302 g/mol. The highest BCUT2D eigenvalue weighted by Gasteiger charge is 2.33. The number of rotatable bonds is 4. The van der Waals surface area contributed by atoms with E-state index in [2.05, 4.69) is 5.32 Å². The molecule has 0 aliphatic carbocycles. The van der Waals surface area contributed by atoms with Crippen molar-refractivity contribution < 1.29 is 13.2 Å². The Morgan fingerprint density at radius 3 is 2.89 bits per heavy atom. The molecule has 0 saturated carbocycles. The molecule has 1 aliphatic heterocycles. The zero-order valence-electron chi connectivity index (χ0n) is 10.8. The van der Waals surface area contributed by atoms with Gasteiger partial charge in [0.1, 0.15) is 0 Å². The maximum atomic E-state index is 12.1. The lowest BCUT2D eigenvalue weighted by atomic mass is 10.2. The van der Waals surface area contributed by atoms with Gasteiger partial charge >= 0.3 is 6.03 Å². The monoisotopic (exact) mass is 302 g/mol. The van der Waals surface area contributed by atoms with Crippen LogP contribution in [0.15, 0.2) is 17.5 Å². The molecule has 1 aliphatic rings. The molecule has 2 heterocycles. The molecule has 0 radical (unpaired) electrons. The molecule has 1 aromatic heterocycles. The Bertz CT molecular complexity index is 525. The quantitative estimate of drug-likeness (QED) is 0.916. The van der Waals surface area contributed by atoms with Gasteiger partial charge in [0.25, 0.3) is 0 Å². The lowest BCUT2D eigenvalue weighted by molar-refractivity contribution is 0.183. The summed E-state index contributed by atoms with van der Waals surface area (Å²) in [6.07, 6.45) is 0.544. The molecule has 1 aromatic rings. The van der Waals surface area contributed by atoms with Gasteiger partial charge < -0.3 is 10.2 Å². The highest BCUT2D eigenvalue weighted by atomic mass is 32.2. The first-order valence-corrected chi connectivity index (χ1v) is 8.99. The van der Waals surface area contributed by atoms with Crippen LogP contribution in [0, 0.1) is 0 Å². The third kappa shape index (κ3) is 3.70. The summed E-state index contributed by atoms with van der Waals surface area (Å²) in [6.45, 7) is 2.89. The summed E-state index contributed by atoms with van der Waals surface area (Å²) in [5.41, 5.74) is 0. The molecule has 106 valence electrons. The van der Waals surface area contributed by atoms with Crippen LogP contribution in [0.4, 0.5) is 4.79 Å². The zero-order chi connectivity index (χ0) is 13.9. The van der Waals surface area contributed by atoms with E-state index >= 15 is 0 Å². The fourth-order valence-corrected chi connectivity index (χ4v) is 4.64. The number of amides is 2. The number of thiophene rings is 1. The van der Waals surface area contributed by atoms with Crippen LogP contribution in [0.25, 0.3) is 0 Å². The minimum atomic E-state index is -2.96. The minimum Gasteiger partial charge on any atom is -0.333 e. The predicted molar refractivity (Wildman–Crippen MR) is 76.0 cm³/mol. The SMILES string of the molecule is CCN(C(=O)NCc1cccs1)C1CCS(=O)(=O)C1. The molecule has 5 nitrogen and oxygen atoms in total. The summed E-state index contributed by atoms with van der Waals surface area (Å²) in [6, 6.07) is 3.53. The summed E-state index contributed by atoms with van der Waals surface area (Å²) in [5, 5.41) is 4.80. The highest BCUT2D eigenvalue weighted by Crippen LogP contribution is 2.18. The van der Waals surface area contributed by atoms with Crippen LogP contribution in [-0.4, -0.2) is 43.4 Å². The summed E-state index contributed by atoms with van der Waals surface area (Å²) < 4.78 is 22.9. The maximum Gasteiger partial charge on any atom is 0.317 e. The van der Waals surface area contributed by atoms with E-state index in [0.717, 1.165) is 4.88 Å². The van der Waals surface area contributed by atoms with Crippen molar-refractivity contribution in [2.45, 2.75) is 25.9 Å². The van der Waals surface area contributed by atoms with E-state index in [1.807, 2.05) is 24.4 Å². The van der Waals surface area contributed by atoms with E-state index < -0.39 is 9.84 Å². The van der Waals surface area contributed by atoms with Gasteiger partial charge in [-0.25, -0.2) is 13.2 Å². The lowest BCUT2D eigenvalue weighted by Gasteiger charge is -2.26. The Hall–Kier alpha value is -1.08. The molecular formula is C12H18N2O3S2. The third-order valence-electron chi connectivity index (χ3n) is 3.24. The zero-order valence-corrected chi connectivity index (χ0v) is 12.5. The van der Waals surface area contributed by atoms with Crippen molar-refractivity contribution in [3.05, 3.63) is 22.4 Å². The van der Waals surface area contributed by atoms with Crippen molar-refractivity contribution in [2.75, 3.05) is 18.1 Å². The van der Waals surface area contributed by atoms with Crippen molar-refractivity contribution in [1.82, 2.24) is 10.2 Å². The Morgan fingerprint density at radius 1 is 1.58 bits per heavy atom. The van der Waals surface area contributed by atoms with Crippen LogP contribution >= 0.6 is 11.3 Å². The fourth-order valence-electron chi connectivity index (χ4n) is 2.27. The molecule has 0 bridgehead atoms. The Labute approximate surface area is 117 Å². The summed E-state index contributed by atoms with van der Waals surface area (Å²) in [5.74, 6) is 0.277. The van der Waals surface area contributed by atoms with Crippen molar-refractivity contribution in [3.8, 4) is 0 Å². The number of hydrogen-bond donors (Lipinski definition) is 1. The van der Waals surface area contributed by atoms with E-state index in [9.17, 15) is 13.2 Å². The van der Waals surface area contributed by atoms with Gasteiger partial charge in [0.05, 0.1) is 18.1 Å². The van der Waals surface area contributed by atoms with Crippen LogP contribution in [0.2, 0.25) is 0 Å². The number of sulfone groups is 1. The van der Waals surface area contributed by atoms with Gasteiger partial charge in [-0.2, -0.15) is 0 Å². The molecule has 1 N–H and O–H groups in total. The van der Waals surface area contributed by atoms with E-state index in [1.165, 1.54) is 0 Å². The molecule has 7 heteroatoms. The molecule has 19 heavy (non-hydrogen) atoms. The van der Waals surface area contributed by atoms with Gasteiger partial charge in [0.2, 0.25) is 0 Å². The van der Waals surface area contributed by atoms with Crippen LogP contribution in [0.3, 0.4) is 0 Å². The van der Waals surface area contributed by atoms with Crippen molar-refractivity contribution in [2.24, 2.45) is 0 Å². The summed E-state index contributed by atoms with van der Waals surface area (Å²) in [4.78, 5) is 14.8. The summed E-state index contributed by atoms with van der Waals surface area (Å²) >= 11 is 1.59. The number of hydrogen-bond acceptors (Lipinski definition) is 4. The number of nitrogens with one attached hydrogen (secondary N) is 1. The van der Waals surface area contributed by atoms with E-state index in [-0.39, 0.29) is 23.6 Å². The largest absolute Gasteiger partial charge is 0.333 e. The van der Waals surface area contributed by atoms with Crippen molar-refractivity contribution in [3.63, 3.8) is 0 Å². The van der Waals surface area contributed by atoms with E-state index in [4.69, 9.17) is 0 Å². The first-order valence-electron chi connectivity index (χ1n) is 6.29. The van der Waals surface area contributed by atoms with Gasteiger partial charge in [-0.05, 0) is 24.8 Å². The molecular weight excluding hydrogens is 284 g/mol. The Kier molecular flexibility index (Phi) is 4.46. The smallest absolute Gasteiger partial charge is 0.317 e. The molecule has 1 fully saturated rings. The standard InChI is InChI=1S/C12H18N2O3S2/c1-2-14(10-5-7-19(16,17)9-10)12(15)13-8-11-4-3-6-18-11/h3-4,6,10H,2,5,7-9H2,1H3,(H,13,15). The first-order chi connectivity index (χ1) is 9.02. The molecule has 1 unspecified atom stereocenters. The van der Waals surface area contributed by atoms with E-state index in [0.29, 0.717) is 19.5 Å². The van der Waals surface area contributed by atoms with Gasteiger partial charge in [0.15, 0.2) is 9.84 Å². The molecule has 0 aromatic carbocycles. The fraction of sp³-hybridized carbons (Fsp3) is 0.583. The van der Waals surface area contributed by atoms with Crippen molar-refractivity contribution in [1.29, 1.82) is 0 Å². The molecule has 0 spiro atoms. The van der Waals surface area contributed by atoms with E-state index in [1.54, 1.807) is 16.2 Å². The highest BCUT2D eigenvalue weighted by molar-refractivity contribution is 7.91. The Balaban J connectivity index is 1.92. The number of carbonyl (C=O) groups is 1. The summed E-state index contributed by atoms with van der Waals surface area (Å²) in [7, 11) is -2.96. The third-order valence-corrected chi connectivity index (χ3v) is 5.87. The number of urea groups is 1.